The highest BCUT2D eigenvalue weighted by Gasteiger charge is 2.39. The van der Waals surface area contributed by atoms with Crippen LogP contribution in [0.1, 0.15) is 48.9 Å². The molecule has 5 aromatic carbocycles. The molecule has 2 aliphatic rings. The van der Waals surface area contributed by atoms with Crippen LogP contribution in [-0.4, -0.2) is 14.5 Å². The fourth-order valence-corrected chi connectivity index (χ4v) is 9.72. The molecular weight excluding hydrogens is 591 g/mol. The lowest BCUT2D eigenvalue weighted by atomic mass is 9.81. The van der Waals surface area contributed by atoms with Crippen molar-refractivity contribution in [2.75, 3.05) is 0 Å². The summed E-state index contributed by atoms with van der Waals surface area (Å²) in [6.45, 7) is 7.04. The number of rotatable bonds is 2. The minimum atomic E-state index is -0.0891. The molecule has 8 aromatic rings. The first-order valence-corrected chi connectivity index (χ1v) is 17.2. The lowest BCUT2D eigenvalue weighted by Crippen LogP contribution is -2.14. The van der Waals surface area contributed by atoms with E-state index in [1.54, 1.807) is 0 Å². The molecule has 10 rings (SSSR count). The summed E-state index contributed by atoms with van der Waals surface area (Å²) in [5, 5.41) is 3.61. The Balaban J connectivity index is 1.40. The van der Waals surface area contributed by atoms with Gasteiger partial charge in [-0.05, 0) is 39.6 Å². The monoisotopic (exact) mass is 621 g/mol. The fourth-order valence-electron chi connectivity index (χ4n) is 8.19. The SMILES string of the molecule is C[C@H]1C=Cc2c(n(-c3nc(-c4ccccc4)c4ccccc4n3)c3c2ccc2c4c(sc23)-c2ccccc2C4(C)C)-c2ccccc21. The molecule has 0 unspecified atom stereocenters. The smallest absolute Gasteiger partial charge is 0.235 e. The normalized spacial score (nSPS) is 15.9. The summed E-state index contributed by atoms with van der Waals surface area (Å²) in [6.07, 6.45) is 4.69. The van der Waals surface area contributed by atoms with Crippen LogP contribution in [0.5, 0.6) is 0 Å². The summed E-state index contributed by atoms with van der Waals surface area (Å²) >= 11 is 1.92. The van der Waals surface area contributed by atoms with Crippen molar-refractivity contribution in [3.8, 4) is 38.9 Å². The lowest BCUT2D eigenvalue weighted by molar-refractivity contribution is 0.667. The summed E-state index contributed by atoms with van der Waals surface area (Å²) in [6, 6.07) is 41.4. The van der Waals surface area contributed by atoms with Crippen molar-refractivity contribution >= 4 is 49.3 Å². The molecule has 0 aliphatic heterocycles. The van der Waals surface area contributed by atoms with Crippen LogP contribution in [-0.2, 0) is 5.41 Å². The zero-order valence-electron chi connectivity index (χ0n) is 26.5. The van der Waals surface area contributed by atoms with Crippen molar-refractivity contribution in [1.29, 1.82) is 0 Å². The molecule has 3 aromatic heterocycles. The molecular formula is C43H31N3S. The van der Waals surface area contributed by atoms with Crippen LogP contribution in [0.25, 0.3) is 76.9 Å². The van der Waals surface area contributed by atoms with Gasteiger partial charge in [0.2, 0.25) is 5.95 Å². The molecule has 0 fully saturated rings. The highest BCUT2D eigenvalue weighted by molar-refractivity contribution is 7.23. The summed E-state index contributed by atoms with van der Waals surface area (Å²) < 4.78 is 3.68. The summed E-state index contributed by atoms with van der Waals surface area (Å²) in [7, 11) is 0. The van der Waals surface area contributed by atoms with Gasteiger partial charge in [-0.1, -0.05) is 142 Å². The number of aromatic nitrogens is 3. The summed E-state index contributed by atoms with van der Waals surface area (Å²) in [5.74, 6) is 0.985. The van der Waals surface area contributed by atoms with E-state index < -0.39 is 0 Å². The maximum atomic E-state index is 5.46. The Morgan fingerprint density at radius 1 is 0.702 bits per heavy atom. The van der Waals surface area contributed by atoms with Gasteiger partial charge in [0.05, 0.1) is 27.1 Å². The van der Waals surface area contributed by atoms with E-state index in [0.29, 0.717) is 5.95 Å². The zero-order valence-corrected chi connectivity index (χ0v) is 27.3. The molecule has 1 atom stereocenters. The third kappa shape index (κ3) is 3.62. The molecule has 0 saturated heterocycles. The average molecular weight is 622 g/mol. The first kappa shape index (κ1) is 26.9. The van der Waals surface area contributed by atoms with Crippen molar-refractivity contribution in [1.82, 2.24) is 14.5 Å². The third-order valence-corrected chi connectivity index (χ3v) is 11.6. The Hall–Kier alpha value is -5.32. The Labute approximate surface area is 277 Å². The van der Waals surface area contributed by atoms with Gasteiger partial charge >= 0.3 is 0 Å². The first-order valence-electron chi connectivity index (χ1n) is 16.3. The molecule has 2 aliphatic carbocycles. The second kappa shape index (κ2) is 9.60. The van der Waals surface area contributed by atoms with Crippen molar-refractivity contribution in [3.05, 3.63) is 144 Å². The van der Waals surface area contributed by atoms with Crippen molar-refractivity contribution in [2.24, 2.45) is 0 Å². The van der Waals surface area contributed by atoms with Crippen LogP contribution in [0, 0.1) is 0 Å². The van der Waals surface area contributed by atoms with Crippen LogP contribution in [0.4, 0.5) is 0 Å². The first-order chi connectivity index (χ1) is 23.0. The van der Waals surface area contributed by atoms with Gasteiger partial charge in [-0.15, -0.1) is 11.3 Å². The molecule has 0 amide bonds. The lowest BCUT2D eigenvalue weighted by Gasteiger charge is -2.21. The fraction of sp³-hybridized carbons (Fsp3) is 0.116. The van der Waals surface area contributed by atoms with Crippen LogP contribution in [0.3, 0.4) is 0 Å². The number of benzene rings is 5. The Morgan fingerprint density at radius 2 is 1.43 bits per heavy atom. The van der Waals surface area contributed by atoms with Gasteiger partial charge in [-0.25, -0.2) is 9.97 Å². The number of fused-ring (bicyclic) bond motifs is 12. The van der Waals surface area contributed by atoms with Gasteiger partial charge in [0.15, 0.2) is 0 Å². The van der Waals surface area contributed by atoms with Crippen molar-refractivity contribution in [3.63, 3.8) is 0 Å². The molecule has 0 saturated carbocycles. The van der Waals surface area contributed by atoms with E-state index in [4.69, 9.17) is 9.97 Å². The number of allylic oxidation sites excluding steroid dienone is 1. The molecule has 47 heavy (non-hydrogen) atoms. The van der Waals surface area contributed by atoms with Gasteiger partial charge in [0.1, 0.15) is 0 Å². The molecule has 0 bridgehead atoms. The molecule has 0 N–H and O–H groups in total. The Kier molecular flexibility index (Phi) is 5.49. The minimum absolute atomic E-state index is 0.0891. The maximum Gasteiger partial charge on any atom is 0.235 e. The van der Waals surface area contributed by atoms with E-state index in [-0.39, 0.29) is 11.3 Å². The van der Waals surface area contributed by atoms with Gasteiger partial charge in [-0.3, -0.25) is 4.57 Å². The topological polar surface area (TPSA) is 30.7 Å². The Bertz CT molecular complexity index is 2620. The highest BCUT2D eigenvalue weighted by atomic mass is 32.1. The van der Waals surface area contributed by atoms with Crippen LogP contribution >= 0.6 is 11.3 Å². The van der Waals surface area contributed by atoms with Crippen LogP contribution in [0.15, 0.2) is 121 Å². The second-order valence-electron chi connectivity index (χ2n) is 13.4. The number of hydrogen-bond acceptors (Lipinski definition) is 3. The summed E-state index contributed by atoms with van der Waals surface area (Å²) in [4.78, 5) is 12.2. The quantitative estimate of drug-likeness (QED) is 0.192. The van der Waals surface area contributed by atoms with E-state index in [2.05, 4.69) is 153 Å². The third-order valence-electron chi connectivity index (χ3n) is 10.4. The second-order valence-corrected chi connectivity index (χ2v) is 14.4. The molecule has 4 heteroatoms. The van der Waals surface area contributed by atoms with E-state index in [1.165, 1.54) is 59.2 Å². The molecule has 224 valence electrons. The molecule has 0 spiro atoms. The van der Waals surface area contributed by atoms with Crippen LogP contribution < -0.4 is 0 Å². The number of thiophene rings is 1. The van der Waals surface area contributed by atoms with Gasteiger partial charge in [-0.2, -0.15) is 0 Å². The highest BCUT2D eigenvalue weighted by Crippen LogP contribution is 2.57. The van der Waals surface area contributed by atoms with E-state index >= 15 is 0 Å². The maximum absolute atomic E-state index is 5.46. The number of hydrogen-bond donors (Lipinski definition) is 0. The van der Waals surface area contributed by atoms with Crippen LogP contribution in [0.2, 0.25) is 0 Å². The predicted molar refractivity (Wildman–Crippen MR) is 198 cm³/mol. The van der Waals surface area contributed by atoms with Gasteiger partial charge < -0.3 is 0 Å². The van der Waals surface area contributed by atoms with Gasteiger partial charge in [0.25, 0.3) is 0 Å². The number of para-hydroxylation sites is 1. The van der Waals surface area contributed by atoms with Crippen molar-refractivity contribution in [2.45, 2.75) is 32.1 Å². The zero-order chi connectivity index (χ0) is 31.4. The van der Waals surface area contributed by atoms with Crippen molar-refractivity contribution < 1.29 is 0 Å². The molecule has 0 radical (unpaired) electrons. The molecule has 3 heterocycles. The van der Waals surface area contributed by atoms with E-state index in [1.807, 2.05) is 11.3 Å². The predicted octanol–water partition coefficient (Wildman–Crippen LogP) is 11.6. The van der Waals surface area contributed by atoms with E-state index in [9.17, 15) is 0 Å². The van der Waals surface area contributed by atoms with E-state index in [0.717, 1.165) is 27.9 Å². The summed E-state index contributed by atoms with van der Waals surface area (Å²) in [5.41, 5.74) is 13.2. The Morgan fingerprint density at radius 3 is 2.30 bits per heavy atom. The average Bonchev–Trinajstić information content (AvgIpc) is 3.70. The molecule has 3 nitrogen and oxygen atoms in total. The number of nitrogens with zero attached hydrogens (tertiary/aromatic N) is 3. The minimum Gasteiger partial charge on any atom is -0.276 e. The standard InChI is InChI=1S/C43H31N3S/c1-25-21-22-29-30-23-24-33-36-40(31-17-9-11-19-34(31)43(36,2)3)47-41(33)39(30)46(38(29)28-16-8-7-15-27(25)28)42-44-35-20-12-10-18-32(35)37(45-42)26-13-5-4-6-14-26/h4-25H,1-3H3/t25-/m0/s1. The van der Waals surface area contributed by atoms with Gasteiger partial charge in [0, 0.05) is 37.8 Å². The largest absolute Gasteiger partial charge is 0.276 e.